The number of ether oxygens (including phenoxy) is 2. The van der Waals surface area contributed by atoms with Crippen LogP contribution in [0.4, 0.5) is 0 Å². The van der Waals surface area contributed by atoms with Crippen LogP contribution in [0.3, 0.4) is 0 Å². The first kappa shape index (κ1) is 15.6. The standard InChI is InChI=1S/C20H21NO2/c1-2-17-7-9-20(10-8-17)23-16-19-5-3-18(4-6-19)15-21-11-13-22-14-12-21/h1,3-10H,11-16H2. The van der Waals surface area contributed by atoms with Crippen molar-refractivity contribution < 1.29 is 9.47 Å². The molecule has 3 nitrogen and oxygen atoms in total. The maximum absolute atomic E-state index is 5.79. The molecule has 0 atom stereocenters. The summed E-state index contributed by atoms with van der Waals surface area (Å²) in [4.78, 5) is 2.42. The quantitative estimate of drug-likeness (QED) is 0.792. The van der Waals surface area contributed by atoms with Gasteiger partial charge >= 0.3 is 0 Å². The molecule has 2 aromatic rings. The van der Waals surface area contributed by atoms with Gasteiger partial charge in [0.15, 0.2) is 0 Å². The number of rotatable bonds is 5. The summed E-state index contributed by atoms with van der Waals surface area (Å²) in [6.45, 7) is 5.25. The van der Waals surface area contributed by atoms with Gasteiger partial charge < -0.3 is 9.47 Å². The van der Waals surface area contributed by atoms with Gasteiger partial charge in [0.25, 0.3) is 0 Å². The molecule has 1 aliphatic rings. The number of morpholine rings is 1. The molecule has 1 saturated heterocycles. The van der Waals surface area contributed by atoms with E-state index in [2.05, 4.69) is 35.1 Å². The normalized spacial score (nSPS) is 15.1. The molecule has 2 aromatic carbocycles. The molecule has 3 heteroatoms. The minimum atomic E-state index is 0.563. The largest absolute Gasteiger partial charge is 0.489 e. The van der Waals surface area contributed by atoms with E-state index in [1.54, 1.807) is 0 Å². The van der Waals surface area contributed by atoms with Crippen molar-refractivity contribution in [3.63, 3.8) is 0 Å². The summed E-state index contributed by atoms with van der Waals surface area (Å²) in [5.41, 5.74) is 3.36. The third kappa shape index (κ3) is 4.59. The lowest BCUT2D eigenvalue weighted by atomic mass is 10.1. The highest BCUT2D eigenvalue weighted by molar-refractivity contribution is 5.36. The number of terminal acetylenes is 1. The summed E-state index contributed by atoms with van der Waals surface area (Å²) < 4.78 is 11.2. The van der Waals surface area contributed by atoms with Crippen molar-refractivity contribution >= 4 is 0 Å². The van der Waals surface area contributed by atoms with E-state index >= 15 is 0 Å². The molecule has 0 radical (unpaired) electrons. The van der Waals surface area contributed by atoms with E-state index in [9.17, 15) is 0 Å². The molecule has 1 heterocycles. The number of nitrogens with zero attached hydrogens (tertiary/aromatic N) is 1. The number of hydrogen-bond donors (Lipinski definition) is 0. The highest BCUT2D eigenvalue weighted by Crippen LogP contribution is 2.15. The van der Waals surface area contributed by atoms with Crippen LogP contribution in [0.15, 0.2) is 48.5 Å². The van der Waals surface area contributed by atoms with Crippen LogP contribution in [-0.4, -0.2) is 31.2 Å². The summed E-state index contributed by atoms with van der Waals surface area (Å²) >= 11 is 0. The SMILES string of the molecule is C#Cc1ccc(OCc2ccc(CN3CCOCC3)cc2)cc1. The Kier molecular flexibility index (Phi) is 5.31. The summed E-state index contributed by atoms with van der Waals surface area (Å²) in [6, 6.07) is 16.2. The zero-order chi connectivity index (χ0) is 15.9. The molecule has 0 bridgehead atoms. The van der Waals surface area contributed by atoms with E-state index in [1.165, 1.54) is 5.56 Å². The Morgan fingerprint density at radius 1 is 0.957 bits per heavy atom. The van der Waals surface area contributed by atoms with Crippen molar-refractivity contribution in [2.75, 3.05) is 26.3 Å². The van der Waals surface area contributed by atoms with E-state index in [4.69, 9.17) is 15.9 Å². The van der Waals surface area contributed by atoms with Gasteiger partial charge in [0.2, 0.25) is 0 Å². The van der Waals surface area contributed by atoms with Crippen LogP contribution in [0.1, 0.15) is 16.7 Å². The third-order valence-corrected chi connectivity index (χ3v) is 3.96. The monoisotopic (exact) mass is 307 g/mol. The average Bonchev–Trinajstić information content (AvgIpc) is 2.62. The van der Waals surface area contributed by atoms with Crippen molar-refractivity contribution in [2.45, 2.75) is 13.2 Å². The molecule has 23 heavy (non-hydrogen) atoms. The minimum absolute atomic E-state index is 0.563. The van der Waals surface area contributed by atoms with Gasteiger partial charge in [-0.05, 0) is 35.4 Å². The summed E-state index contributed by atoms with van der Waals surface area (Å²) in [6.07, 6.45) is 5.34. The molecule has 0 N–H and O–H groups in total. The first-order valence-electron chi connectivity index (χ1n) is 7.91. The molecule has 0 aliphatic carbocycles. The fourth-order valence-corrected chi connectivity index (χ4v) is 2.57. The Morgan fingerprint density at radius 3 is 2.26 bits per heavy atom. The molecule has 0 unspecified atom stereocenters. The van der Waals surface area contributed by atoms with Crippen molar-refractivity contribution in [3.05, 3.63) is 65.2 Å². The van der Waals surface area contributed by atoms with Crippen molar-refractivity contribution in [3.8, 4) is 18.1 Å². The Labute approximate surface area is 137 Å². The van der Waals surface area contributed by atoms with Gasteiger partial charge in [-0.3, -0.25) is 4.90 Å². The van der Waals surface area contributed by atoms with E-state index in [-0.39, 0.29) is 0 Å². The molecule has 0 amide bonds. The first-order valence-corrected chi connectivity index (χ1v) is 7.91. The molecule has 118 valence electrons. The second-order valence-corrected chi connectivity index (χ2v) is 5.66. The lowest BCUT2D eigenvalue weighted by Crippen LogP contribution is -2.35. The second kappa shape index (κ2) is 7.82. The fraction of sp³-hybridized carbons (Fsp3) is 0.300. The zero-order valence-electron chi connectivity index (χ0n) is 13.2. The summed E-state index contributed by atoms with van der Waals surface area (Å²) in [5.74, 6) is 3.43. The van der Waals surface area contributed by atoms with E-state index < -0.39 is 0 Å². The van der Waals surface area contributed by atoms with Crippen LogP contribution in [0, 0.1) is 12.3 Å². The zero-order valence-corrected chi connectivity index (χ0v) is 13.2. The molecule has 0 spiro atoms. The van der Waals surface area contributed by atoms with Crippen LogP contribution >= 0.6 is 0 Å². The van der Waals surface area contributed by atoms with Crippen LogP contribution < -0.4 is 4.74 Å². The summed E-state index contributed by atoms with van der Waals surface area (Å²) in [5, 5.41) is 0. The van der Waals surface area contributed by atoms with Gasteiger partial charge in [0.1, 0.15) is 12.4 Å². The topological polar surface area (TPSA) is 21.7 Å². The average molecular weight is 307 g/mol. The molecular weight excluding hydrogens is 286 g/mol. The van der Waals surface area contributed by atoms with Gasteiger partial charge in [-0.2, -0.15) is 0 Å². The van der Waals surface area contributed by atoms with E-state index in [0.29, 0.717) is 6.61 Å². The van der Waals surface area contributed by atoms with Crippen molar-refractivity contribution in [1.29, 1.82) is 0 Å². The predicted molar refractivity (Wildman–Crippen MR) is 91.2 cm³/mol. The van der Waals surface area contributed by atoms with Gasteiger partial charge in [0.05, 0.1) is 13.2 Å². The van der Waals surface area contributed by atoms with Gasteiger partial charge in [-0.1, -0.05) is 30.2 Å². The van der Waals surface area contributed by atoms with Gasteiger partial charge in [0, 0.05) is 25.2 Å². The highest BCUT2D eigenvalue weighted by atomic mass is 16.5. The Bertz CT molecular complexity index is 650. The van der Waals surface area contributed by atoms with Gasteiger partial charge in [-0.25, -0.2) is 0 Å². The van der Waals surface area contributed by atoms with Crippen LogP contribution in [0.2, 0.25) is 0 Å². The lowest BCUT2D eigenvalue weighted by molar-refractivity contribution is 0.0342. The van der Waals surface area contributed by atoms with Crippen molar-refractivity contribution in [2.24, 2.45) is 0 Å². The number of benzene rings is 2. The molecule has 0 saturated carbocycles. The maximum Gasteiger partial charge on any atom is 0.119 e. The molecule has 3 rings (SSSR count). The molecule has 1 aliphatic heterocycles. The van der Waals surface area contributed by atoms with Crippen LogP contribution in [0.25, 0.3) is 0 Å². The maximum atomic E-state index is 5.79. The third-order valence-electron chi connectivity index (χ3n) is 3.96. The molecule has 1 fully saturated rings. The fourth-order valence-electron chi connectivity index (χ4n) is 2.57. The smallest absolute Gasteiger partial charge is 0.119 e. The Hall–Kier alpha value is -2.28. The van der Waals surface area contributed by atoms with Crippen LogP contribution in [-0.2, 0) is 17.9 Å². The highest BCUT2D eigenvalue weighted by Gasteiger charge is 2.10. The van der Waals surface area contributed by atoms with E-state index in [1.807, 2.05) is 24.3 Å². The Balaban J connectivity index is 1.51. The van der Waals surface area contributed by atoms with Crippen molar-refractivity contribution in [1.82, 2.24) is 4.90 Å². The second-order valence-electron chi connectivity index (χ2n) is 5.66. The lowest BCUT2D eigenvalue weighted by Gasteiger charge is -2.26. The summed E-state index contributed by atoms with van der Waals surface area (Å²) in [7, 11) is 0. The first-order chi connectivity index (χ1) is 11.3. The van der Waals surface area contributed by atoms with Gasteiger partial charge in [-0.15, -0.1) is 6.42 Å². The molecule has 0 aromatic heterocycles. The van der Waals surface area contributed by atoms with E-state index in [0.717, 1.165) is 49.7 Å². The minimum Gasteiger partial charge on any atom is -0.489 e. The predicted octanol–water partition coefficient (Wildman–Crippen LogP) is 3.08. The molecular formula is C20H21NO2. The Morgan fingerprint density at radius 2 is 1.61 bits per heavy atom. The van der Waals surface area contributed by atoms with Crippen LogP contribution in [0.5, 0.6) is 5.75 Å². The number of hydrogen-bond acceptors (Lipinski definition) is 3.